The van der Waals surface area contributed by atoms with Gasteiger partial charge >= 0.3 is 0 Å². The second kappa shape index (κ2) is 2.66. The molecule has 0 bridgehead atoms. The molecular weight excluding hydrogens is 164 g/mol. The van der Waals surface area contributed by atoms with Gasteiger partial charge in [0.25, 0.3) is 0 Å². The highest BCUT2D eigenvalue weighted by atomic mass is 16.3. The van der Waals surface area contributed by atoms with Crippen molar-refractivity contribution in [2.45, 2.75) is 0 Å². The van der Waals surface area contributed by atoms with Crippen molar-refractivity contribution in [2.24, 2.45) is 0 Å². The van der Waals surface area contributed by atoms with Crippen LogP contribution in [0, 0.1) is 22.7 Å². The average molecular weight is 168 g/mol. The van der Waals surface area contributed by atoms with Gasteiger partial charge in [0, 0.05) is 11.5 Å². The summed E-state index contributed by atoms with van der Waals surface area (Å²) in [6.45, 7) is 0. The number of hydrogen-bond acceptors (Lipinski definition) is 3. The minimum atomic E-state index is 0.352. The lowest BCUT2D eigenvalue weighted by molar-refractivity contribution is 0.616. The van der Waals surface area contributed by atoms with E-state index in [-0.39, 0.29) is 0 Å². The molecule has 0 fully saturated rings. The zero-order valence-electron chi connectivity index (χ0n) is 6.61. The Hall–Kier alpha value is -2.26. The first-order valence-electron chi connectivity index (χ1n) is 3.66. The monoisotopic (exact) mass is 168 g/mol. The maximum Gasteiger partial charge on any atom is 0.135 e. The molecule has 2 rings (SSSR count). The fraction of sp³-hybridized carbons (Fsp3) is 0. The Morgan fingerprint density at radius 3 is 2.46 bits per heavy atom. The van der Waals surface area contributed by atoms with Crippen LogP contribution < -0.4 is 0 Å². The summed E-state index contributed by atoms with van der Waals surface area (Å²) in [4.78, 5) is 0. The SMILES string of the molecule is N#Cc1cc2ccoc2cc1C#N. The van der Waals surface area contributed by atoms with Crippen molar-refractivity contribution < 1.29 is 4.42 Å². The lowest BCUT2D eigenvalue weighted by atomic mass is 10.1. The van der Waals surface area contributed by atoms with Gasteiger partial charge in [0.1, 0.15) is 17.7 Å². The minimum Gasteiger partial charge on any atom is -0.464 e. The standard InChI is InChI=1S/C10H4N2O/c11-5-8-3-7-1-2-13-10(7)4-9(8)6-12/h1-4H. The summed E-state index contributed by atoms with van der Waals surface area (Å²) in [5.41, 5.74) is 1.37. The van der Waals surface area contributed by atoms with E-state index in [0.717, 1.165) is 5.39 Å². The average Bonchev–Trinajstić information content (AvgIpc) is 2.62. The molecule has 0 saturated carbocycles. The molecule has 0 radical (unpaired) electrons. The largest absolute Gasteiger partial charge is 0.464 e. The molecule has 0 amide bonds. The van der Waals surface area contributed by atoms with Gasteiger partial charge in [-0.05, 0) is 12.1 Å². The van der Waals surface area contributed by atoms with Gasteiger partial charge < -0.3 is 4.42 Å². The Bertz CT molecular complexity index is 492. The lowest BCUT2D eigenvalue weighted by Gasteiger charge is -1.92. The first kappa shape index (κ1) is 7.39. The predicted molar refractivity (Wildman–Crippen MR) is 45.6 cm³/mol. The minimum absolute atomic E-state index is 0.352. The van der Waals surface area contributed by atoms with Gasteiger partial charge in [-0.15, -0.1) is 0 Å². The molecule has 0 aliphatic rings. The molecule has 3 heteroatoms. The number of nitrogens with zero attached hydrogens (tertiary/aromatic N) is 2. The molecule has 0 N–H and O–H groups in total. The van der Waals surface area contributed by atoms with E-state index in [9.17, 15) is 0 Å². The number of benzene rings is 1. The fourth-order valence-corrected chi connectivity index (χ4v) is 1.19. The van der Waals surface area contributed by atoms with Gasteiger partial charge in [-0.1, -0.05) is 0 Å². The lowest BCUT2D eigenvalue weighted by Crippen LogP contribution is -1.81. The molecule has 1 aromatic heterocycles. The van der Waals surface area contributed by atoms with Crippen LogP contribution in [0.15, 0.2) is 28.9 Å². The smallest absolute Gasteiger partial charge is 0.135 e. The van der Waals surface area contributed by atoms with Gasteiger partial charge in [0.15, 0.2) is 0 Å². The zero-order chi connectivity index (χ0) is 9.26. The normalized spacial score (nSPS) is 9.38. The molecule has 0 saturated heterocycles. The van der Waals surface area contributed by atoms with Crippen molar-refractivity contribution in [1.82, 2.24) is 0 Å². The summed E-state index contributed by atoms with van der Waals surface area (Å²) in [6.07, 6.45) is 1.53. The van der Waals surface area contributed by atoms with Gasteiger partial charge in [0.2, 0.25) is 0 Å². The Labute approximate surface area is 74.4 Å². The summed E-state index contributed by atoms with van der Waals surface area (Å²) >= 11 is 0. The molecule has 13 heavy (non-hydrogen) atoms. The van der Waals surface area contributed by atoms with E-state index >= 15 is 0 Å². The summed E-state index contributed by atoms with van der Waals surface area (Å²) in [6, 6.07) is 8.90. The van der Waals surface area contributed by atoms with Crippen molar-refractivity contribution in [2.75, 3.05) is 0 Å². The molecule has 0 unspecified atom stereocenters. The number of rotatable bonds is 0. The molecule has 3 nitrogen and oxygen atoms in total. The van der Waals surface area contributed by atoms with E-state index < -0.39 is 0 Å². The zero-order valence-corrected chi connectivity index (χ0v) is 6.61. The molecule has 1 heterocycles. The van der Waals surface area contributed by atoms with E-state index in [1.807, 2.05) is 12.1 Å². The van der Waals surface area contributed by atoms with Crippen molar-refractivity contribution in [1.29, 1.82) is 10.5 Å². The summed E-state index contributed by atoms with van der Waals surface area (Å²) in [5, 5.41) is 18.3. The number of hydrogen-bond donors (Lipinski definition) is 0. The Morgan fingerprint density at radius 1 is 1.08 bits per heavy atom. The molecule has 2 aromatic rings. The molecule has 0 spiro atoms. The van der Waals surface area contributed by atoms with Gasteiger partial charge in [-0.2, -0.15) is 10.5 Å². The van der Waals surface area contributed by atoms with Crippen LogP contribution in [0.2, 0.25) is 0 Å². The predicted octanol–water partition coefficient (Wildman–Crippen LogP) is 2.18. The first-order chi connectivity index (χ1) is 6.35. The molecule has 1 aromatic carbocycles. The summed E-state index contributed by atoms with van der Waals surface area (Å²) in [7, 11) is 0. The van der Waals surface area contributed by atoms with E-state index in [1.165, 1.54) is 6.26 Å². The second-order valence-electron chi connectivity index (χ2n) is 2.58. The topological polar surface area (TPSA) is 60.7 Å². The Balaban J connectivity index is 2.85. The number of fused-ring (bicyclic) bond motifs is 1. The first-order valence-corrected chi connectivity index (χ1v) is 3.66. The van der Waals surface area contributed by atoms with Crippen LogP contribution in [0.25, 0.3) is 11.0 Å². The fourth-order valence-electron chi connectivity index (χ4n) is 1.19. The van der Waals surface area contributed by atoms with E-state index in [1.54, 1.807) is 18.2 Å². The van der Waals surface area contributed by atoms with Crippen LogP contribution in [-0.4, -0.2) is 0 Å². The van der Waals surface area contributed by atoms with Crippen LogP contribution in [-0.2, 0) is 0 Å². The Kier molecular flexibility index (Phi) is 1.51. The Morgan fingerprint density at radius 2 is 1.77 bits per heavy atom. The van der Waals surface area contributed by atoms with Gasteiger partial charge in [-0.3, -0.25) is 0 Å². The highest BCUT2D eigenvalue weighted by molar-refractivity contribution is 5.80. The van der Waals surface area contributed by atoms with E-state index in [2.05, 4.69) is 0 Å². The van der Waals surface area contributed by atoms with Crippen molar-refractivity contribution in [3.63, 3.8) is 0 Å². The van der Waals surface area contributed by atoms with Crippen LogP contribution in [0.3, 0.4) is 0 Å². The molecule has 60 valence electrons. The molecule has 0 aliphatic carbocycles. The quantitative estimate of drug-likeness (QED) is 0.605. The third kappa shape index (κ3) is 1.04. The summed E-state index contributed by atoms with van der Waals surface area (Å²) in [5.74, 6) is 0. The van der Waals surface area contributed by atoms with Crippen LogP contribution in [0.1, 0.15) is 11.1 Å². The molecule has 0 aliphatic heterocycles. The third-order valence-corrected chi connectivity index (χ3v) is 1.83. The third-order valence-electron chi connectivity index (χ3n) is 1.83. The summed E-state index contributed by atoms with van der Waals surface area (Å²) < 4.78 is 5.10. The van der Waals surface area contributed by atoms with Crippen molar-refractivity contribution in [3.8, 4) is 12.1 Å². The van der Waals surface area contributed by atoms with Gasteiger partial charge in [-0.25, -0.2) is 0 Å². The highest BCUT2D eigenvalue weighted by Crippen LogP contribution is 2.19. The van der Waals surface area contributed by atoms with Crippen LogP contribution in [0.4, 0.5) is 0 Å². The molecule has 0 atom stereocenters. The number of furan rings is 1. The maximum atomic E-state index is 8.71. The second-order valence-corrected chi connectivity index (χ2v) is 2.58. The highest BCUT2D eigenvalue weighted by Gasteiger charge is 2.05. The van der Waals surface area contributed by atoms with Gasteiger partial charge in [0.05, 0.1) is 17.4 Å². The maximum absolute atomic E-state index is 8.71. The van der Waals surface area contributed by atoms with Crippen molar-refractivity contribution in [3.05, 3.63) is 35.6 Å². The van der Waals surface area contributed by atoms with Crippen molar-refractivity contribution >= 4 is 11.0 Å². The van der Waals surface area contributed by atoms with E-state index in [4.69, 9.17) is 14.9 Å². The number of nitriles is 2. The van der Waals surface area contributed by atoms with E-state index in [0.29, 0.717) is 16.7 Å². The molecular formula is C10H4N2O. The van der Waals surface area contributed by atoms with Crippen LogP contribution in [0.5, 0.6) is 0 Å². The van der Waals surface area contributed by atoms with Crippen LogP contribution >= 0.6 is 0 Å².